The molecule has 1 fully saturated rings. The van der Waals surface area contributed by atoms with E-state index in [1.807, 2.05) is 0 Å². The van der Waals surface area contributed by atoms with Crippen LogP contribution < -0.4 is 5.73 Å². The Morgan fingerprint density at radius 2 is 2.00 bits per heavy atom. The molecule has 1 aliphatic rings. The zero-order valence-electron chi connectivity index (χ0n) is 9.26. The van der Waals surface area contributed by atoms with Crippen molar-refractivity contribution >= 4 is 10.0 Å². The molecular weight excluding hydrogens is 224 g/mol. The fourth-order valence-corrected chi connectivity index (χ4v) is 3.36. The molecule has 0 atom stereocenters. The van der Waals surface area contributed by atoms with Crippen LogP contribution >= 0.6 is 0 Å². The first-order valence-electron chi connectivity index (χ1n) is 5.33. The smallest absolute Gasteiger partial charge is 0.243 e. The summed E-state index contributed by atoms with van der Waals surface area (Å²) in [5.41, 5.74) is 6.23. The SMILES string of the molecule is CN(C1CC1)S(=O)(=O)c1ccccc1CN. The molecule has 0 bridgehead atoms. The van der Waals surface area contributed by atoms with Gasteiger partial charge in [0.1, 0.15) is 0 Å². The van der Waals surface area contributed by atoms with E-state index in [2.05, 4.69) is 0 Å². The second-order valence-electron chi connectivity index (χ2n) is 4.06. The first-order valence-corrected chi connectivity index (χ1v) is 6.77. The van der Waals surface area contributed by atoms with E-state index in [1.54, 1.807) is 31.3 Å². The molecule has 0 spiro atoms. The summed E-state index contributed by atoms with van der Waals surface area (Å²) in [6.45, 7) is 0.244. The summed E-state index contributed by atoms with van der Waals surface area (Å²) >= 11 is 0. The molecular formula is C11H16N2O2S. The van der Waals surface area contributed by atoms with Gasteiger partial charge in [-0.05, 0) is 24.5 Å². The summed E-state index contributed by atoms with van der Waals surface area (Å²) in [6.07, 6.45) is 1.92. The van der Waals surface area contributed by atoms with Crippen LogP contribution in [0.2, 0.25) is 0 Å². The molecule has 1 aromatic rings. The Morgan fingerprint density at radius 3 is 2.56 bits per heavy atom. The van der Waals surface area contributed by atoms with Crippen molar-refractivity contribution in [2.24, 2.45) is 5.73 Å². The Bertz CT molecular complexity index is 481. The number of nitrogens with zero attached hydrogens (tertiary/aromatic N) is 1. The highest BCUT2D eigenvalue weighted by Crippen LogP contribution is 2.31. The van der Waals surface area contributed by atoms with E-state index in [-0.39, 0.29) is 12.6 Å². The zero-order chi connectivity index (χ0) is 11.8. The van der Waals surface area contributed by atoms with E-state index < -0.39 is 10.0 Å². The van der Waals surface area contributed by atoms with E-state index in [1.165, 1.54) is 4.31 Å². The van der Waals surface area contributed by atoms with Crippen molar-refractivity contribution in [1.29, 1.82) is 0 Å². The average molecular weight is 240 g/mol. The topological polar surface area (TPSA) is 63.4 Å². The second-order valence-corrected chi connectivity index (χ2v) is 6.03. The predicted octanol–water partition coefficient (Wildman–Crippen LogP) is 0.928. The van der Waals surface area contributed by atoms with Gasteiger partial charge in [0.15, 0.2) is 0 Å². The molecule has 4 nitrogen and oxygen atoms in total. The highest BCUT2D eigenvalue weighted by molar-refractivity contribution is 7.89. The molecule has 0 heterocycles. The van der Waals surface area contributed by atoms with Crippen molar-refractivity contribution in [3.63, 3.8) is 0 Å². The van der Waals surface area contributed by atoms with Gasteiger partial charge in [-0.15, -0.1) is 0 Å². The number of hydrogen-bond donors (Lipinski definition) is 1. The van der Waals surface area contributed by atoms with Crippen molar-refractivity contribution in [2.75, 3.05) is 7.05 Å². The van der Waals surface area contributed by atoms with Crippen molar-refractivity contribution in [2.45, 2.75) is 30.3 Å². The highest BCUT2D eigenvalue weighted by Gasteiger charge is 2.35. The van der Waals surface area contributed by atoms with Gasteiger partial charge in [0.05, 0.1) is 4.90 Å². The van der Waals surface area contributed by atoms with E-state index in [4.69, 9.17) is 5.73 Å². The summed E-state index contributed by atoms with van der Waals surface area (Å²) in [5, 5.41) is 0. The summed E-state index contributed by atoms with van der Waals surface area (Å²) in [6, 6.07) is 7.09. The minimum absolute atomic E-state index is 0.177. The molecule has 0 unspecified atom stereocenters. The average Bonchev–Trinajstić information content (AvgIpc) is 3.11. The van der Waals surface area contributed by atoms with E-state index in [0.717, 1.165) is 12.8 Å². The van der Waals surface area contributed by atoms with Crippen LogP contribution in [-0.4, -0.2) is 25.8 Å². The Hall–Kier alpha value is -0.910. The van der Waals surface area contributed by atoms with Crippen LogP contribution in [0.25, 0.3) is 0 Å². The maximum Gasteiger partial charge on any atom is 0.243 e. The lowest BCUT2D eigenvalue weighted by Gasteiger charge is -2.18. The Morgan fingerprint density at radius 1 is 1.38 bits per heavy atom. The number of hydrogen-bond acceptors (Lipinski definition) is 3. The number of sulfonamides is 1. The van der Waals surface area contributed by atoms with E-state index in [0.29, 0.717) is 10.5 Å². The van der Waals surface area contributed by atoms with Gasteiger partial charge in [0.2, 0.25) is 10.0 Å². The van der Waals surface area contributed by atoms with Crippen molar-refractivity contribution in [3.05, 3.63) is 29.8 Å². The van der Waals surface area contributed by atoms with Crippen molar-refractivity contribution in [3.8, 4) is 0 Å². The fraction of sp³-hybridized carbons (Fsp3) is 0.455. The molecule has 16 heavy (non-hydrogen) atoms. The molecule has 2 rings (SSSR count). The van der Waals surface area contributed by atoms with Crippen LogP contribution in [0, 0.1) is 0 Å². The number of nitrogens with two attached hydrogens (primary N) is 1. The summed E-state index contributed by atoms with van der Waals surface area (Å²) in [7, 11) is -1.73. The largest absolute Gasteiger partial charge is 0.326 e. The van der Waals surface area contributed by atoms with Gasteiger partial charge in [0, 0.05) is 19.6 Å². The minimum atomic E-state index is -3.37. The lowest BCUT2D eigenvalue weighted by Crippen LogP contribution is -2.30. The molecule has 0 amide bonds. The second kappa shape index (κ2) is 4.16. The molecule has 1 aromatic carbocycles. The Kier molecular flexibility index (Phi) is 3.01. The molecule has 0 aliphatic heterocycles. The molecule has 1 aliphatic carbocycles. The quantitative estimate of drug-likeness (QED) is 0.851. The third kappa shape index (κ3) is 1.98. The van der Waals surface area contributed by atoms with Crippen LogP contribution in [0.3, 0.4) is 0 Å². The van der Waals surface area contributed by atoms with Gasteiger partial charge in [-0.25, -0.2) is 8.42 Å². The molecule has 2 N–H and O–H groups in total. The molecule has 5 heteroatoms. The molecule has 0 aromatic heterocycles. The van der Waals surface area contributed by atoms with Gasteiger partial charge < -0.3 is 5.73 Å². The Labute approximate surface area is 96.1 Å². The lowest BCUT2D eigenvalue weighted by atomic mass is 10.2. The van der Waals surface area contributed by atoms with Crippen LogP contribution in [-0.2, 0) is 16.6 Å². The lowest BCUT2D eigenvalue weighted by molar-refractivity contribution is 0.463. The number of rotatable bonds is 4. The summed E-state index contributed by atoms with van der Waals surface area (Å²) < 4.78 is 26.0. The molecule has 1 saturated carbocycles. The third-order valence-corrected chi connectivity index (χ3v) is 4.92. The van der Waals surface area contributed by atoms with Crippen LogP contribution in [0.1, 0.15) is 18.4 Å². The normalized spacial score (nSPS) is 16.7. The monoisotopic (exact) mass is 240 g/mol. The first kappa shape index (κ1) is 11.6. The van der Waals surface area contributed by atoms with Crippen LogP contribution in [0.5, 0.6) is 0 Å². The van der Waals surface area contributed by atoms with Gasteiger partial charge in [-0.1, -0.05) is 18.2 Å². The highest BCUT2D eigenvalue weighted by atomic mass is 32.2. The van der Waals surface area contributed by atoms with Gasteiger partial charge >= 0.3 is 0 Å². The fourth-order valence-electron chi connectivity index (χ4n) is 1.71. The third-order valence-electron chi connectivity index (χ3n) is 2.91. The van der Waals surface area contributed by atoms with Gasteiger partial charge in [-0.3, -0.25) is 0 Å². The molecule has 88 valence electrons. The minimum Gasteiger partial charge on any atom is -0.326 e. The standard InChI is InChI=1S/C11H16N2O2S/c1-13(10-6-7-10)16(14,15)11-5-3-2-4-9(11)8-12/h2-5,10H,6-8,12H2,1H3. The van der Waals surface area contributed by atoms with Crippen LogP contribution in [0.15, 0.2) is 29.2 Å². The summed E-state index contributed by atoms with van der Waals surface area (Å²) in [4.78, 5) is 0.340. The van der Waals surface area contributed by atoms with Gasteiger partial charge in [-0.2, -0.15) is 4.31 Å². The molecule has 0 radical (unpaired) electrons. The zero-order valence-corrected chi connectivity index (χ0v) is 10.1. The first-order chi connectivity index (χ1) is 7.57. The Balaban J connectivity index is 2.41. The van der Waals surface area contributed by atoms with E-state index in [9.17, 15) is 8.42 Å². The van der Waals surface area contributed by atoms with Gasteiger partial charge in [0.25, 0.3) is 0 Å². The van der Waals surface area contributed by atoms with Crippen molar-refractivity contribution in [1.82, 2.24) is 4.31 Å². The summed E-state index contributed by atoms with van der Waals surface area (Å²) in [5.74, 6) is 0. The van der Waals surface area contributed by atoms with Crippen LogP contribution in [0.4, 0.5) is 0 Å². The van der Waals surface area contributed by atoms with E-state index >= 15 is 0 Å². The maximum atomic E-state index is 12.3. The molecule has 0 saturated heterocycles. The van der Waals surface area contributed by atoms with Crippen molar-refractivity contribution < 1.29 is 8.42 Å². The maximum absolute atomic E-state index is 12.3. The number of benzene rings is 1. The predicted molar refractivity (Wildman–Crippen MR) is 62.3 cm³/mol.